The van der Waals surface area contributed by atoms with E-state index in [-0.39, 0.29) is 40.8 Å². The number of carbonyl (C=O) groups is 1. The zero-order valence-electron chi connectivity index (χ0n) is 19.7. The number of fused-ring (bicyclic) bond motifs is 1. The lowest BCUT2D eigenvalue weighted by Crippen LogP contribution is -2.42. The molecule has 0 saturated carbocycles. The number of H-pyrrole nitrogens is 1. The summed E-state index contributed by atoms with van der Waals surface area (Å²) in [7, 11) is 0. The quantitative estimate of drug-likeness (QED) is 0.312. The Balaban J connectivity index is 1.44. The second-order valence-electron chi connectivity index (χ2n) is 8.07. The second kappa shape index (κ2) is 9.61. The van der Waals surface area contributed by atoms with Gasteiger partial charge in [0.05, 0.1) is 5.69 Å². The predicted octanol–water partition coefficient (Wildman–Crippen LogP) is 3.20. The SMILES string of the molecule is CCn1cc(C(=O)Nc2ccc(Oc3ccnc4n[nH]c(N)c34)c(F)c2)c(=O)n(-c2ccc(F)cc2)c1=O. The molecule has 0 aliphatic rings. The molecule has 38 heavy (non-hydrogen) atoms. The Morgan fingerprint density at radius 3 is 2.58 bits per heavy atom. The first-order chi connectivity index (χ1) is 18.3. The van der Waals surface area contributed by atoms with Crippen molar-refractivity contribution < 1.29 is 18.3 Å². The van der Waals surface area contributed by atoms with Crippen molar-refractivity contribution >= 4 is 28.4 Å². The molecule has 3 aromatic heterocycles. The number of amides is 1. The Morgan fingerprint density at radius 1 is 1.11 bits per heavy atom. The van der Waals surface area contributed by atoms with Crippen molar-refractivity contribution in [3.63, 3.8) is 0 Å². The predicted molar refractivity (Wildman–Crippen MR) is 135 cm³/mol. The summed E-state index contributed by atoms with van der Waals surface area (Å²) in [4.78, 5) is 42.9. The molecule has 0 bridgehead atoms. The minimum atomic E-state index is -0.913. The number of nitrogens with two attached hydrogens (primary N) is 1. The first-order valence-electron chi connectivity index (χ1n) is 11.3. The molecule has 4 N–H and O–H groups in total. The molecule has 5 rings (SSSR count). The fourth-order valence-electron chi connectivity index (χ4n) is 3.81. The average molecular weight is 519 g/mol. The first-order valence-corrected chi connectivity index (χ1v) is 11.3. The van der Waals surface area contributed by atoms with Crippen LogP contribution in [0.1, 0.15) is 17.3 Å². The van der Waals surface area contributed by atoms with E-state index in [0.29, 0.717) is 11.0 Å². The van der Waals surface area contributed by atoms with Gasteiger partial charge in [0.15, 0.2) is 17.2 Å². The van der Waals surface area contributed by atoms with E-state index in [1.165, 1.54) is 36.5 Å². The van der Waals surface area contributed by atoms with E-state index in [1.807, 2.05) is 0 Å². The highest BCUT2D eigenvalue weighted by atomic mass is 19.1. The Bertz CT molecular complexity index is 1810. The van der Waals surface area contributed by atoms with Crippen molar-refractivity contribution in [1.29, 1.82) is 0 Å². The van der Waals surface area contributed by atoms with Gasteiger partial charge < -0.3 is 15.8 Å². The lowest BCUT2D eigenvalue weighted by molar-refractivity contribution is 0.102. The second-order valence-corrected chi connectivity index (χ2v) is 8.07. The number of anilines is 2. The number of aromatic amines is 1. The van der Waals surface area contributed by atoms with E-state index in [2.05, 4.69) is 20.5 Å². The molecule has 0 aliphatic heterocycles. The van der Waals surface area contributed by atoms with Crippen LogP contribution >= 0.6 is 0 Å². The van der Waals surface area contributed by atoms with E-state index in [1.54, 1.807) is 6.92 Å². The van der Waals surface area contributed by atoms with Crippen molar-refractivity contribution in [1.82, 2.24) is 24.3 Å². The lowest BCUT2D eigenvalue weighted by atomic mass is 10.2. The van der Waals surface area contributed by atoms with Crippen LogP contribution in [-0.2, 0) is 6.54 Å². The largest absolute Gasteiger partial charge is 0.453 e. The normalized spacial score (nSPS) is 11.0. The van der Waals surface area contributed by atoms with E-state index < -0.39 is 28.8 Å². The van der Waals surface area contributed by atoms with Crippen molar-refractivity contribution in [3.05, 3.63) is 99.0 Å². The van der Waals surface area contributed by atoms with Crippen molar-refractivity contribution in [2.24, 2.45) is 0 Å². The summed E-state index contributed by atoms with van der Waals surface area (Å²) in [6, 6.07) is 9.86. The van der Waals surface area contributed by atoms with Gasteiger partial charge in [0, 0.05) is 36.8 Å². The van der Waals surface area contributed by atoms with E-state index >= 15 is 0 Å². The fraction of sp³-hybridized carbons (Fsp3) is 0.0800. The van der Waals surface area contributed by atoms with Gasteiger partial charge >= 0.3 is 5.69 Å². The van der Waals surface area contributed by atoms with Gasteiger partial charge in [0.1, 0.15) is 28.3 Å². The molecular formula is C25H19F2N7O4. The number of aryl methyl sites for hydroxylation is 1. The number of pyridine rings is 1. The van der Waals surface area contributed by atoms with Gasteiger partial charge in [-0.1, -0.05) is 0 Å². The molecule has 2 aromatic carbocycles. The zero-order chi connectivity index (χ0) is 27.0. The molecule has 0 spiro atoms. The number of hydrogen-bond acceptors (Lipinski definition) is 7. The Labute approximate surface area is 212 Å². The molecule has 0 unspecified atom stereocenters. The molecule has 0 aliphatic carbocycles. The van der Waals surface area contributed by atoms with Crippen LogP contribution < -0.4 is 27.0 Å². The van der Waals surface area contributed by atoms with Crippen LogP contribution in [0.2, 0.25) is 0 Å². The molecule has 3 heterocycles. The lowest BCUT2D eigenvalue weighted by Gasteiger charge is -2.13. The third kappa shape index (κ3) is 4.36. The van der Waals surface area contributed by atoms with E-state index in [9.17, 15) is 23.2 Å². The number of nitrogens with one attached hydrogen (secondary N) is 2. The molecule has 11 nitrogen and oxygen atoms in total. The number of ether oxygens (including phenoxy) is 1. The number of aromatic nitrogens is 5. The molecule has 192 valence electrons. The Morgan fingerprint density at radius 2 is 1.87 bits per heavy atom. The average Bonchev–Trinajstić information content (AvgIpc) is 3.28. The van der Waals surface area contributed by atoms with Crippen molar-refractivity contribution in [2.75, 3.05) is 11.1 Å². The maximum atomic E-state index is 14.9. The topological polar surface area (TPSA) is 150 Å². The number of hydrogen-bond donors (Lipinski definition) is 3. The minimum Gasteiger partial charge on any atom is -0.453 e. The molecule has 5 aromatic rings. The third-order valence-corrected chi connectivity index (χ3v) is 5.68. The summed E-state index contributed by atoms with van der Waals surface area (Å²) in [6.45, 7) is 1.81. The number of nitrogen functional groups attached to an aromatic ring is 1. The van der Waals surface area contributed by atoms with Crippen LogP contribution in [0.4, 0.5) is 20.3 Å². The van der Waals surface area contributed by atoms with Gasteiger partial charge in [0.2, 0.25) is 0 Å². The van der Waals surface area contributed by atoms with Crippen molar-refractivity contribution in [3.8, 4) is 17.2 Å². The van der Waals surface area contributed by atoms with Crippen LogP contribution in [0.3, 0.4) is 0 Å². The smallest absolute Gasteiger partial charge is 0.335 e. The van der Waals surface area contributed by atoms with Crippen LogP contribution in [0.25, 0.3) is 16.7 Å². The molecule has 0 radical (unpaired) electrons. The van der Waals surface area contributed by atoms with Gasteiger partial charge in [-0.15, -0.1) is 0 Å². The molecule has 1 amide bonds. The first kappa shape index (κ1) is 24.4. The summed E-state index contributed by atoms with van der Waals surface area (Å²) in [5.74, 6) is -1.97. The van der Waals surface area contributed by atoms with Gasteiger partial charge in [0.25, 0.3) is 11.5 Å². The number of halogens is 2. The van der Waals surface area contributed by atoms with Gasteiger partial charge in [-0.2, -0.15) is 5.10 Å². The zero-order valence-corrected chi connectivity index (χ0v) is 19.7. The molecule has 13 heteroatoms. The van der Waals surface area contributed by atoms with Crippen LogP contribution in [0.15, 0.2) is 70.5 Å². The Hall–Kier alpha value is -5.33. The maximum absolute atomic E-state index is 14.9. The highest BCUT2D eigenvalue weighted by molar-refractivity contribution is 6.04. The minimum absolute atomic E-state index is 0.0320. The van der Waals surface area contributed by atoms with Crippen molar-refractivity contribution in [2.45, 2.75) is 13.5 Å². The summed E-state index contributed by atoms with van der Waals surface area (Å²) >= 11 is 0. The Kier molecular flexibility index (Phi) is 6.16. The summed E-state index contributed by atoms with van der Waals surface area (Å²) in [5, 5.41) is 9.34. The van der Waals surface area contributed by atoms with Gasteiger partial charge in [-0.05, 0) is 43.3 Å². The third-order valence-electron chi connectivity index (χ3n) is 5.68. The van der Waals surface area contributed by atoms with Crippen LogP contribution in [0.5, 0.6) is 11.5 Å². The highest BCUT2D eigenvalue weighted by Gasteiger charge is 2.19. The highest BCUT2D eigenvalue weighted by Crippen LogP contribution is 2.33. The summed E-state index contributed by atoms with van der Waals surface area (Å²) in [6.07, 6.45) is 2.55. The molecule has 0 atom stereocenters. The monoisotopic (exact) mass is 519 g/mol. The fourth-order valence-corrected chi connectivity index (χ4v) is 3.81. The molecule has 0 fully saturated rings. The summed E-state index contributed by atoms with van der Waals surface area (Å²) in [5.41, 5.74) is 4.29. The van der Waals surface area contributed by atoms with Crippen LogP contribution in [0, 0.1) is 11.6 Å². The van der Waals surface area contributed by atoms with E-state index in [4.69, 9.17) is 10.5 Å². The number of nitrogens with zero attached hydrogens (tertiary/aromatic N) is 4. The van der Waals surface area contributed by atoms with E-state index in [0.717, 1.165) is 33.5 Å². The van der Waals surface area contributed by atoms with Gasteiger partial charge in [-0.3, -0.25) is 19.3 Å². The number of rotatable bonds is 6. The molecular weight excluding hydrogens is 500 g/mol. The van der Waals surface area contributed by atoms with Gasteiger partial charge in [-0.25, -0.2) is 23.1 Å². The number of benzene rings is 2. The maximum Gasteiger partial charge on any atom is 0.335 e. The summed E-state index contributed by atoms with van der Waals surface area (Å²) < 4.78 is 35.8. The van der Waals surface area contributed by atoms with Crippen LogP contribution in [-0.4, -0.2) is 30.2 Å². The standard InChI is InChI=1S/C25H19F2N7O4/c1-2-33-12-16(24(36)34(25(33)37)15-6-3-13(26)4-7-15)23(35)30-14-5-8-18(17(27)11-14)38-19-9-10-29-22-20(19)21(28)31-32-22/h3-12H,2H2,1H3,(H,30,35)(H3,28,29,31,32). The number of carbonyl (C=O) groups excluding carboxylic acids is 1. The molecule has 0 saturated heterocycles.